The fourth-order valence-electron chi connectivity index (χ4n) is 2.79. The van der Waals surface area contributed by atoms with Gasteiger partial charge in [-0.1, -0.05) is 6.07 Å². The van der Waals surface area contributed by atoms with Crippen molar-refractivity contribution in [2.24, 2.45) is 0 Å². The first-order valence-corrected chi connectivity index (χ1v) is 7.80. The molecule has 2 aliphatic rings. The Morgan fingerprint density at radius 2 is 2.09 bits per heavy atom. The molecule has 3 rings (SSSR count). The topological polar surface area (TPSA) is 77.1 Å². The van der Waals surface area contributed by atoms with Gasteiger partial charge in [-0.2, -0.15) is 0 Å². The largest absolute Gasteiger partial charge is 0.454 e. The van der Waals surface area contributed by atoms with E-state index in [0.717, 1.165) is 0 Å². The van der Waals surface area contributed by atoms with Crippen molar-refractivity contribution >= 4 is 12.0 Å². The van der Waals surface area contributed by atoms with Gasteiger partial charge in [0.05, 0.1) is 12.2 Å². The van der Waals surface area contributed by atoms with Gasteiger partial charge in [-0.05, 0) is 31.9 Å². The molecular formula is C16H20N2O5. The van der Waals surface area contributed by atoms with E-state index < -0.39 is 0 Å². The Hall–Kier alpha value is -2.44. The number of benzene rings is 1. The molecule has 2 heterocycles. The van der Waals surface area contributed by atoms with E-state index in [1.165, 1.54) is 0 Å². The van der Waals surface area contributed by atoms with Crippen LogP contribution < -0.4 is 14.8 Å². The average Bonchev–Trinajstić information content (AvgIpc) is 3.04. The number of hydrogen-bond acceptors (Lipinski definition) is 5. The highest BCUT2D eigenvalue weighted by Gasteiger charge is 2.27. The van der Waals surface area contributed by atoms with Crippen LogP contribution in [0.3, 0.4) is 0 Å². The minimum atomic E-state index is -0.288. The standard InChI is InChI=1S/C16H20N2O5/c1-2-21-16(20)18-8-6-11(7-9-18)17-15(19)12-4-3-5-13-14(12)23-10-22-13/h3-5,11H,2,6-10H2,1H3,(H,17,19). The highest BCUT2D eigenvalue weighted by atomic mass is 16.7. The quantitative estimate of drug-likeness (QED) is 0.918. The van der Waals surface area contributed by atoms with Crippen molar-refractivity contribution in [2.75, 3.05) is 26.5 Å². The second-order valence-corrected chi connectivity index (χ2v) is 5.47. The molecule has 1 fully saturated rings. The maximum absolute atomic E-state index is 12.4. The molecule has 0 atom stereocenters. The molecule has 0 radical (unpaired) electrons. The van der Waals surface area contributed by atoms with Crippen LogP contribution in [0.4, 0.5) is 4.79 Å². The van der Waals surface area contributed by atoms with Crippen molar-refractivity contribution in [1.29, 1.82) is 0 Å². The summed E-state index contributed by atoms with van der Waals surface area (Å²) in [5.74, 6) is 0.908. The number of rotatable bonds is 3. The highest BCUT2D eigenvalue weighted by Crippen LogP contribution is 2.35. The third-order valence-corrected chi connectivity index (χ3v) is 4.00. The Morgan fingerprint density at radius 3 is 2.83 bits per heavy atom. The molecule has 0 unspecified atom stereocenters. The SMILES string of the molecule is CCOC(=O)N1CCC(NC(=O)c2cccc3c2OCO3)CC1. The van der Waals surface area contributed by atoms with Crippen molar-refractivity contribution in [3.05, 3.63) is 23.8 Å². The zero-order chi connectivity index (χ0) is 16.2. The Kier molecular flexibility index (Phi) is 4.55. The monoisotopic (exact) mass is 320 g/mol. The van der Waals surface area contributed by atoms with E-state index in [-0.39, 0.29) is 24.8 Å². The molecule has 7 heteroatoms. The van der Waals surface area contributed by atoms with Gasteiger partial charge in [0.2, 0.25) is 6.79 Å². The first-order chi connectivity index (χ1) is 11.2. The molecule has 7 nitrogen and oxygen atoms in total. The van der Waals surface area contributed by atoms with Crippen molar-refractivity contribution in [2.45, 2.75) is 25.8 Å². The van der Waals surface area contributed by atoms with Crippen LogP contribution in [0.2, 0.25) is 0 Å². The zero-order valence-electron chi connectivity index (χ0n) is 13.0. The van der Waals surface area contributed by atoms with Gasteiger partial charge >= 0.3 is 6.09 Å². The van der Waals surface area contributed by atoms with E-state index in [1.54, 1.807) is 30.0 Å². The van der Waals surface area contributed by atoms with Crippen molar-refractivity contribution in [3.8, 4) is 11.5 Å². The van der Waals surface area contributed by atoms with E-state index >= 15 is 0 Å². The fourth-order valence-corrected chi connectivity index (χ4v) is 2.79. The van der Waals surface area contributed by atoms with E-state index in [2.05, 4.69) is 5.32 Å². The number of hydrogen-bond donors (Lipinski definition) is 1. The maximum atomic E-state index is 12.4. The summed E-state index contributed by atoms with van der Waals surface area (Å²) in [4.78, 5) is 25.8. The molecule has 0 aromatic heterocycles. The summed E-state index contributed by atoms with van der Waals surface area (Å²) in [6, 6.07) is 5.30. The Morgan fingerprint density at radius 1 is 1.30 bits per heavy atom. The molecule has 2 amide bonds. The van der Waals surface area contributed by atoms with E-state index in [1.807, 2.05) is 0 Å². The zero-order valence-corrected chi connectivity index (χ0v) is 13.0. The van der Waals surface area contributed by atoms with Gasteiger partial charge in [-0.3, -0.25) is 4.79 Å². The average molecular weight is 320 g/mol. The number of nitrogens with one attached hydrogen (secondary N) is 1. The van der Waals surface area contributed by atoms with Crippen molar-refractivity contribution in [1.82, 2.24) is 10.2 Å². The number of para-hydroxylation sites is 1. The van der Waals surface area contributed by atoms with Gasteiger partial charge in [0, 0.05) is 19.1 Å². The second-order valence-electron chi connectivity index (χ2n) is 5.47. The van der Waals surface area contributed by atoms with Crippen molar-refractivity contribution < 1.29 is 23.8 Å². The number of amides is 2. The summed E-state index contributed by atoms with van der Waals surface area (Å²) in [7, 11) is 0. The minimum Gasteiger partial charge on any atom is -0.454 e. The lowest BCUT2D eigenvalue weighted by molar-refractivity contribution is 0.0857. The number of ether oxygens (including phenoxy) is 3. The summed E-state index contributed by atoms with van der Waals surface area (Å²) in [6.45, 7) is 3.45. The fraction of sp³-hybridized carbons (Fsp3) is 0.500. The van der Waals surface area contributed by atoms with Crippen LogP contribution in [0, 0.1) is 0 Å². The lowest BCUT2D eigenvalue weighted by Crippen LogP contribution is -2.46. The predicted molar refractivity (Wildman–Crippen MR) is 81.6 cm³/mol. The van der Waals surface area contributed by atoms with Crippen LogP contribution in [0.15, 0.2) is 18.2 Å². The van der Waals surface area contributed by atoms with Crippen molar-refractivity contribution in [3.63, 3.8) is 0 Å². The van der Waals surface area contributed by atoms with Gasteiger partial charge in [0.25, 0.3) is 5.91 Å². The summed E-state index contributed by atoms with van der Waals surface area (Å²) in [5.41, 5.74) is 0.479. The summed E-state index contributed by atoms with van der Waals surface area (Å²) in [5, 5.41) is 3.00. The smallest absolute Gasteiger partial charge is 0.409 e. The first-order valence-electron chi connectivity index (χ1n) is 7.80. The number of fused-ring (bicyclic) bond motifs is 1. The third-order valence-electron chi connectivity index (χ3n) is 4.00. The molecular weight excluding hydrogens is 300 g/mol. The van der Waals surface area contributed by atoms with Crippen LogP contribution in [0.1, 0.15) is 30.1 Å². The normalized spacial score (nSPS) is 17.0. The van der Waals surface area contributed by atoms with Gasteiger partial charge in [-0.25, -0.2) is 4.79 Å². The lowest BCUT2D eigenvalue weighted by atomic mass is 10.0. The molecule has 1 aromatic carbocycles. The van der Waals surface area contributed by atoms with Gasteiger partial charge in [0.15, 0.2) is 11.5 Å². The predicted octanol–water partition coefficient (Wildman–Crippen LogP) is 1.77. The molecule has 1 saturated heterocycles. The van der Waals surface area contributed by atoms with Crippen LogP contribution in [-0.4, -0.2) is 49.4 Å². The van der Waals surface area contributed by atoms with Gasteiger partial charge in [0.1, 0.15) is 0 Å². The summed E-state index contributed by atoms with van der Waals surface area (Å²) < 4.78 is 15.6. The minimum absolute atomic E-state index is 0.0337. The number of piperidine rings is 1. The number of carbonyl (C=O) groups excluding carboxylic acids is 2. The molecule has 23 heavy (non-hydrogen) atoms. The Labute approximate surface area is 134 Å². The van der Waals surface area contributed by atoms with Crippen LogP contribution >= 0.6 is 0 Å². The van der Waals surface area contributed by atoms with E-state index in [4.69, 9.17) is 14.2 Å². The lowest BCUT2D eigenvalue weighted by Gasteiger charge is -2.31. The highest BCUT2D eigenvalue weighted by molar-refractivity contribution is 5.98. The van der Waals surface area contributed by atoms with E-state index in [9.17, 15) is 9.59 Å². The first kappa shape index (κ1) is 15.5. The van der Waals surface area contributed by atoms with Gasteiger partial charge in [-0.15, -0.1) is 0 Å². The molecule has 2 aliphatic heterocycles. The number of nitrogens with zero attached hydrogens (tertiary/aromatic N) is 1. The number of carbonyl (C=O) groups is 2. The molecule has 1 N–H and O–H groups in total. The number of likely N-dealkylation sites (tertiary alicyclic amines) is 1. The second kappa shape index (κ2) is 6.76. The molecule has 0 aliphatic carbocycles. The molecule has 124 valence electrons. The molecule has 1 aromatic rings. The summed E-state index contributed by atoms with van der Waals surface area (Å²) in [6.07, 6.45) is 1.12. The van der Waals surface area contributed by atoms with Crippen LogP contribution in [0.5, 0.6) is 11.5 Å². The van der Waals surface area contributed by atoms with Crippen LogP contribution in [0.25, 0.3) is 0 Å². The van der Waals surface area contributed by atoms with E-state index in [0.29, 0.717) is 49.6 Å². The van der Waals surface area contributed by atoms with Gasteiger partial charge < -0.3 is 24.4 Å². The summed E-state index contributed by atoms with van der Waals surface area (Å²) >= 11 is 0. The Balaban J connectivity index is 1.56. The van der Waals surface area contributed by atoms with Crippen LogP contribution in [-0.2, 0) is 4.74 Å². The molecule has 0 bridgehead atoms. The molecule has 0 spiro atoms. The third kappa shape index (κ3) is 3.33. The Bertz CT molecular complexity index is 596. The molecule has 0 saturated carbocycles. The maximum Gasteiger partial charge on any atom is 0.409 e.